The Labute approximate surface area is 175 Å². The SMILES string of the molecule is COc1cc(C2C(C#N)=C(N)Oc3cc(N(C)C)ccc32)cc(OC)c1OC(C)=O. The molecule has 0 aliphatic carbocycles. The summed E-state index contributed by atoms with van der Waals surface area (Å²) in [4.78, 5) is 13.4. The van der Waals surface area contributed by atoms with Gasteiger partial charge in [-0.25, -0.2) is 0 Å². The van der Waals surface area contributed by atoms with E-state index in [9.17, 15) is 10.1 Å². The van der Waals surface area contributed by atoms with Crippen molar-refractivity contribution in [1.29, 1.82) is 5.26 Å². The van der Waals surface area contributed by atoms with Crippen LogP contribution in [0.2, 0.25) is 0 Å². The van der Waals surface area contributed by atoms with Gasteiger partial charge in [0.15, 0.2) is 11.5 Å². The first-order chi connectivity index (χ1) is 14.3. The van der Waals surface area contributed by atoms with Crippen LogP contribution in [0, 0.1) is 11.3 Å². The van der Waals surface area contributed by atoms with Gasteiger partial charge in [0.25, 0.3) is 0 Å². The third kappa shape index (κ3) is 3.70. The average Bonchev–Trinajstić information content (AvgIpc) is 2.71. The summed E-state index contributed by atoms with van der Waals surface area (Å²) in [6, 6.07) is 11.3. The van der Waals surface area contributed by atoms with E-state index in [1.165, 1.54) is 21.1 Å². The van der Waals surface area contributed by atoms with Crippen LogP contribution in [0.4, 0.5) is 5.69 Å². The van der Waals surface area contributed by atoms with Crippen molar-refractivity contribution in [2.45, 2.75) is 12.8 Å². The molecule has 2 aromatic carbocycles. The highest BCUT2D eigenvalue weighted by molar-refractivity contribution is 5.73. The third-order valence-corrected chi connectivity index (χ3v) is 4.78. The van der Waals surface area contributed by atoms with E-state index in [0.29, 0.717) is 22.8 Å². The molecule has 8 nitrogen and oxygen atoms in total. The average molecular weight is 409 g/mol. The minimum Gasteiger partial charge on any atom is -0.493 e. The number of anilines is 1. The van der Waals surface area contributed by atoms with Gasteiger partial charge in [-0.3, -0.25) is 4.79 Å². The minimum absolute atomic E-state index is 0.0351. The fraction of sp³-hybridized carbons (Fsp3) is 0.273. The first-order valence-electron chi connectivity index (χ1n) is 9.13. The van der Waals surface area contributed by atoms with Gasteiger partial charge in [0.1, 0.15) is 17.4 Å². The van der Waals surface area contributed by atoms with Gasteiger partial charge >= 0.3 is 5.97 Å². The van der Waals surface area contributed by atoms with Crippen LogP contribution >= 0.6 is 0 Å². The summed E-state index contributed by atoms with van der Waals surface area (Å²) in [6.45, 7) is 1.29. The number of rotatable bonds is 5. The number of fused-ring (bicyclic) bond motifs is 1. The number of hydrogen-bond donors (Lipinski definition) is 1. The van der Waals surface area contributed by atoms with Crippen LogP contribution in [-0.2, 0) is 4.79 Å². The van der Waals surface area contributed by atoms with Crippen molar-refractivity contribution >= 4 is 11.7 Å². The molecule has 0 fully saturated rings. The molecule has 3 rings (SSSR count). The molecule has 0 amide bonds. The van der Waals surface area contributed by atoms with Crippen molar-refractivity contribution in [2.75, 3.05) is 33.2 Å². The number of methoxy groups -OCH3 is 2. The Hall–Kier alpha value is -3.86. The summed E-state index contributed by atoms with van der Waals surface area (Å²) in [5.41, 5.74) is 8.74. The van der Waals surface area contributed by atoms with Crippen molar-refractivity contribution in [3.05, 3.63) is 52.9 Å². The highest BCUT2D eigenvalue weighted by Crippen LogP contribution is 2.47. The zero-order chi connectivity index (χ0) is 22.0. The highest BCUT2D eigenvalue weighted by Gasteiger charge is 2.32. The van der Waals surface area contributed by atoms with Crippen LogP contribution in [0.1, 0.15) is 24.0 Å². The number of benzene rings is 2. The molecule has 1 atom stereocenters. The maximum absolute atomic E-state index is 11.5. The zero-order valence-corrected chi connectivity index (χ0v) is 17.5. The topological polar surface area (TPSA) is 107 Å². The standard InChI is InChI=1S/C22H23N3O5/c1-12(26)29-21-18(27-4)8-13(9-19(21)28-5)20-15-7-6-14(25(2)3)10-17(15)30-22(24)16(20)11-23/h6-10,20H,24H2,1-5H3. The molecule has 156 valence electrons. The Bertz CT molecular complexity index is 1040. The van der Waals surface area contributed by atoms with Crippen LogP contribution in [-0.4, -0.2) is 34.3 Å². The van der Waals surface area contributed by atoms with Gasteiger partial charge in [0.2, 0.25) is 11.6 Å². The fourth-order valence-electron chi connectivity index (χ4n) is 3.38. The first kappa shape index (κ1) is 20.9. The second-order valence-electron chi connectivity index (χ2n) is 6.89. The normalized spacial score (nSPS) is 14.9. The summed E-state index contributed by atoms with van der Waals surface area (Å²) in [7, 11) is 6.77. The Morgan fingerprint density at radius 2 is 1.80 bits per heavy atom. The molecule has 1 heterocycles. The fourth-order valence-corrected chi connectivity index (χ4v) is 3.38. The predicted molar refractivity (Wildman–Crippen MR) is 111 cm³/mol. The molecule has 8 heteroatoms. The highest BCUT2D eigenvalue weighted by atomic mass is 16.6. The van der Waals surface area contributed by atoms with Crippen molar-refractivity contribution < 1.29 is 23.7 Å². The second-order valence-corrected chi connectivity index (χ2v) is 6.89. The van der Waals surface area contributed by atoms with E-state index in [2.05, 4.69) is 6.07 Å². The Morgan fingerprint density at radius 3 is 2.30 bits per heavy atom. The number of hydrogen-bond acceptors (Lipinski definition) is 8. The maximum atomic E-state index is 11.5. The third-order valence-electron chi connectivity index (χ3n) is 4.78. The van der Waals surface area contributed by atoms with Gasteiger partial charge in [0.05, 0.1) is 20.1 Å². The summed E-state index contributed by atoms with van der Waals surface area (Å²) in [6.07, 6.45) is 0. The lowest BCUT2D eigenvalue weighted by molar-refractivity contribution is -0.132. The number of carbonyl (C=O) groups is 1. The molecule has 1 aliphatic heterocycles. The summed E-state index contributed by atoms with van der Waals surface area (Å²) in [5, 5.41) is 9.78. The number of allylic oxidation sites excluding steroid dienone is 1. The molecular formula is C22H23N3O5. The molecule has 0 saturated heterocycles. The second kappa shape index (κ2) is 8.25. The van der Waals surface area contributed by atoms with Gasteiger partial charge in [-0.15, -0.1) is 0 Å². The minimum atomic E-state index is -0.510. The molecule has 1 aliphatic rings. The summed E-state index contributed by atoms with van der Waals surface area (Å²) in [5.74, 6) is 0.347. The molecule has 0 saturated carbocycles. The largest absolute Gasteiger partial charge is 0.493 e. The molecule has 1 unspecified atom stereocenters. The van der Waals surface area contributed by atoms with Crippen LogP contribution in [0.5, 0.6) is 23.0 Å². The van der Waals surface area contributed by atoms with Gasteiger partial charge in [-0.05, 0) is 23.8 Å². The Morgan fingerprint density at radius 1 is 1.17 bits per heavy atom. The smallest absolute Gasteiger partial charge is 0.308 e. The van der Waals surface area contributed by atoms with Gasteiger partial charge in [-0.2, -0.15) is 5.26 Å². The van der Waals surface area contributed by atoms with E-state index in [1.54, 1.807) is 12.1 Å². The van der Waals surface area contributed by atoms with E-state index < -0.39 is 11.9 Å². The Balaban J connectivity index is 2.23. The zero-order valence-electron chi connectivity index (χ0n) is 17.5. The molecular weight excluding hydrogens is 386 g/mol. The van der Waals surface area contributed by atoms with Crippen molar-refractivity contribution in [3.63, 3.8) is 0 Å². The van der Waals surface area contributed by atoms with Gasteiger partial charge in [-0.1, -0.05) is 6.07 Å². The van der Waals surface area contributed by atoms with Crippen LogP contribution in [0.3, 0.4) is 0 Å². The molecule has 0 aromatic heterocycles. The molecule has 0 bridgehead atoms. The maximum Gasteiger partial charge on any atom is 0.308 e. The molecule has 30 heavy (non-hydrogen) atoms. The number of esters is 1. The lowest BCUT2D eigenvalue weighted by Crippen LogP contribution is -2.21. The molecule has 2 N–H and O–H groups in total. The molecule has 0 radical (unpaired) electrons. The van der Waals surface area contributed by atoms with Crippen molar-refractivity contribution in [3.8, 4) is 29.1 Å². The van der Waals surface area contributed by atoms with Crippen LogP contribution < -0.4 is 29.6 Å². The van der Waals surface area contributed by atoms with E-state index in [-0.39, 0.29) is 17.2 Å². The predicted octanol–water partition coefficient (Wildman–Crippen LogP) is 2.91. The van der Waals surface area contributed by atoms with Crippen LogP contribution in [0.25, 0.3) is 0 Å². The summed E-state index contributed by atoms with van der Waals surface area (Å²) >= 11 is 0. The monoisotopic (exact) mass is 409 g/mol. The van der Waals surface area contributed by atoms with Crippen LogP contribution in [0.15, 0.2) is 41.8 Å². The summed E-state index contributed by atoms with van der Waals surface area (Å²) < 4.78 is 21.9. The lowest BCUT2D eigenvalue weighted by Gasteiger charge is -2.28. The first-order valence-corrected chi connectivity index (χ1v) is 9.13. The molecule has 0 spiro atoms. The lowest BCUT2D eigenvalue weighted by atomic mass is 9.83. The number of nitrogens with two attached hydrogens (primary N) is 1. The number of nitrogens with zero attached hydrogens (tertiary/aromatic N) is 2. The number of nitriles is 1. The van der Waals surface area contributed by atoms with E-state index in [0.717, 1.165) is 11.3 Å². The number of carbonyl (C=O) groups excluding carboxylic acids is 1. The van der Waals surface area contributed by atoms with Crippen molar-refractivity contribution in [2.24, 2.45) is 5.73 Å². The van der Waals surface area contributed by atoms with E-state index >= 15 is 0 Å². The quantitative estimate of drug-likeness (QED) is 0.593. The van der Waals surface area contributed by atoms with E-state index in [1.807, 2.05) is 37.2 Å². The molecule has 2 aromatic rings. The van der Waals surface area contributed by atoms with Gasteiger partial charge < -0.3 is 29.6 Å². The number of ether oxygens (including phenoxy) is 4. The van der Waals surface area contributed by atoms with Gasteiger partial charge in [0, 0.05) is 38.3 Å². The van der Waals surface area contributed by atoms with Crippen molar-refractivity contribution in [1.82, 2.24) is 0 Å². The van der Waals surface area contributed by atoms with E-state index in [4.69, 9.17) is 24.7 Å². The Kier molecular flexibility index (Phi) is 5.74.